The molecular weight excluding hydrogens is 230 g/mol. The first kappa shape index (κ1) is 10.7. The number of halogens is 1. The van der Waals surface area contributed by atoms with Crippen LogP contribution in [0.15, 0.2) is 24.3 Å². The minimum Gasteiger partial charge on any atom is -0.506 e. The summed E-state index contributed by atoms with van der Waals surface area (Å²) in [6.45, 7) is 0. The molecule has 16 heavy (non-hydrogen) atoms. The number of aromatic hydroxyl groups is 1. The number of hydrogen-bond acceptors (Lipinski definition) is 3. The van der Waals surface area contributed by atoms with Crippen LogP contribution in [0.2, 0.25) is 5.15 Å². The molecule has 0 saturated heterocycles. The van der Waals surface area contributed by atoms with Crippen molar-refractivity contribution in [1.82, 2.24) is 4.98 Å². The van der Waals surface area contributed by atoms with Gasteiger partial charge in [0.25, 0.3) is 0 Å². The van der Waals surface area contributed by atoms with Gasteiger partial charge in [-0.05, 0) is 17.7 Å². The third-order valence-electron chi connectivity index (χ3n) is 2.21. The van der Waals surface area contributed by atoms with Crippen molar-refractivity contribution in [3.05, 3.63) is 35.0 Å². The lowest BCUT2D eigenvalue weighted by atomic mass is 10.1. The largest absolute Gasteiger partial charge is 0.506 e. The second-order valence-electron chi connectivity index (χ2n) is 3.35. The molecule has 82 valence electrons. The topological polar surface area (TPSA) is 70.4 Å². The Balaban J connectivity index is 2.72. The van der Waals surface area contributed by atoms with Gasteiger partial charge >= 0.3 is 5.97 Å². The summed E-state index contributed by atoms with van der Waals surface area (Å²) >= 11 is 5.76. The van der Waals surface area contributed by atoms with Crippen molar-refractivity contribution in [3.63, 3.8) is 0 Å². The normalized spacial score (nSPS) is 10.6. The molecule has 0 radical (unpaired) electrons. The highest BCUT2D eigenvalue weighted by Gasteiger charge is 2.10. The summed E-state index contributed by atoms with van der Waals surface area (Å²) < 4.78 is 0. The van der Waals surface area contributed by atoms with Crippen LogP contribution in [0.3, 0.4) is 0 Å². The molecule has 0 amide bonds. The molecular formula is C11H8ClNO3. The van der Waals surface area contributed by atoms with E-state index in [1.807, 2.05) is 0 Å². The Labute approximate surface area is 96.1 Å². The fourth-order valence-electron chi connectivity index (χ4n) is 1.58. The number of phenols is 1. The molecule has 0 aliphatic rings. The van der Waals surface area contributed by atoms with Crippen LogP contribution in [0.4, 0.5) is 0 Å². The Kier molecular flexibility index (Phi) is 2.66. The monoisotopic (exact) mass is 237 g/mol. The zero-order valence-corrected chi connectivity index (χ0v) is 8.90. The molecule has 5 heteroatoms. The molecule has 0 fully saturated rings. The number of carbonyl (C=O) groups is 1. The summed E-state index contributed by atoms with van der Waals surface area (Å²) in [7, 11) is 0. The van der Waals surface area contributed by atoms with Crippen LogP contribution in [0, 0.1) is 0 Å². The third-order valence-corrected chi connectivity index (χ3v) is 2.41. The van der Waals surface area contributed by atoms with E-state index in [1.54, 1.807) is 12.1 Å². The molecule has 0 aliphatic heterocycles. The van der Waals surface area contributed by atoms with E-state index >= 15 is 0 Å². The van der Waals surface area contributed by atoms with E-state index in [0.29, 0.717) is 16.5 Å². The highest BCUT2D eigenvalue weighted by atomic mass is 35.5. The summed E-state index contributed by atoms with van der Waals surface area (Å²) in [6, 6.07) is 6.32. The van der Waals surface area contributed by atoms with Crippen molar-refractivity contribution in [2.45, 2.75) is 6.42 Å². The lowest BCUT2D eigenvalue weighted by Crippen LogP contribution is -2.01. The van der Waals surface area contributed by atoms with Gasteiger partial charge in [0.2, 0.25) is 0 Å². The van der Waals surface area contributed by atoms with Gasteiger partial charge in [0, 0.05) is 5.39 Å². The summed E-state index contributed by atoms with van der Waals surface area (Å²) in [4.78, 5) is 14.6. The number of hydrogen-bond donors (Lipinski definition) is 2. The van der Waals surface area contributed by atoms with Gasteiger partial charge in [-0.25, -0.2) is 4.98 Å². The molecule has 1 aromatic heterocycles. The smallest absolute Gasteiger partial charge is 0.307 e. The maximum atomic E-state index is 10.7. The van der Waals surface area contributed by atoms with Crippen LogP contribution in [0.1, 0.15) is 5.56 Å². The van der Waals surface area contributed by atoms with Gasteiger partial charge in [0.05, 0.1) is 6.42 Å². The molecule has 0 spiro atoms. The van der Waals surface area contributed by atoms with Crippen LogP contribution >= 0.6 is 11.6 Å². The Morgan fingerprint density at radius 3 is 2.88 bits per heavy atom. The van der Waals surface area contributed by atoms with E-state index in [0.717, 1.165) is 0 Å². The number of para-hydroxylation sites is 1. The number of aliphatic carboxylic acids is 1. The lowest BCUT2D eigenvalue weighted by Gasteiger charge is -2.05. The number of aromatic nitrogens is 1. The molecule has 0 saturated carbocycles. The van der Waals surface area contributed by atoms with Crippen molar-refractivity contribution >= 4 is 28.5 Å². The molecule has 0 aliphatic carbocycles. The molecule has 0 bridgehead atoms. The number of pyridine rings is 1. The van der Waals surface area contributed by atoms with Crippen LogP contribution in [0.25, 0.3) is 10.9 Å². The summed E-state index contributed by atoms with van der Waals surface area (Å²) in [5.74, 6) is -0.960. The number of benzene rings is 1. The van der Waals surface area contributed by atoms with Crippen molar-refractivity contribution in [2.75, 3.05) is 0 Å². The quantitative estimate of drug-likeness (QED) is 0.786. The Morgan fingerprint density at radius 1 is 1.44 bits per heavy atom. The predicted molar refractivity (Wildman–Crippen MR) is 59.8 cm³/mol. The van der Waals surface area contributed by atoms with Crippen molar-refractivity contribution < 1.29 is 15.0 Å². The number of phenolic OH excluding ortho intramolecular Hbond substituents is 1. The summed E-state index contributed by atoms with van der Waals surface area (Å²) in [5, 5.41) is 19.1. The molecule has 4 nitrogen and oxygen atoms in total. The minimum atomic E-state index is -0.952. The van der Waals surface area contributed by atoms with Gasteiger partial charge in [0.1, 0.15) is 16.4 Å². The van der Waals surface area contributed by atoms with Crippen LogP contribution < -0.4 is 0 Å². The molecule has 0 unspecified atom stereocenters. The molecule has 2 aromatic rings. The van der Waals surface area contributed by atoms with Gasteiger partial charge in [0.15, 0.2) is 0 Å². The SMILES string of the molecule is O=C(O)Cc1cc(Cl)nc2c(O)cccc12. The van der Waals surface area contributed by atoms with E-state index in [-0.39, 0.29) is 17.3 Å². The molecule has 2 N–H and O–H groups in total. The zero-order chi connectivity index (χ0) is 11.7. The first-order valence-corrected chi connectivity index (χ1v) is 4.94. The van der Waals surface area contributed by atoms with Gasteiger partial charge in [-0.2, -0.15) is 0 Å². The van der Waals surface area contributed by atoms with E-state index in [2.05, 4.69) is 4.98 Å². The number of carboxylic acid groups (broad SMARTS) is 1. The van der Waals surface area contributed by atoms with Crippen molar-refractivity contribution in [3.8, 4) is 5.75 Å². The second-order valence-corrected chi connectivity index (χ2v) is 3.74. The predicted octanol–water partition coefficient (Wildman–Crippen LogP) is 2.22. The maximum Gasteiger partial charge on any atom is 0.307 e. The van der Waals surface area contributed by atoms with Gasteiger partial charge in [-0.1, -0.05) is 23.7 Å². The van der Waals surface area contributed by atoms with Gasteiger partial charge < -0.3 is 10.2 Å². The van der Waals surface area contributed by atoms with E-state index in [9.17, 15) is 9.90 Å². The van der Waals surface area contributed by atoms with Crippen molar-refractivity contribution in [2.24, 2.45) is 0 Å². The molecule has 1 aromatic carbocycles. The highest BCUT2D eigenvalue weighted by Crippen LogP contribution is 2.27. The Morgan fingerprint density at radius 2 is 2.19 bits per heavy atom. The maximum absolute atomic E-state index is 10.7. The van der Waals surface area contributed by atoms with Crippen LogP contribution in [-0.4, -0.2) is 21.2 Å². The number of nitrogens with zero attached hydrogens (tertiary/aromatic N) is 1. The Bertz CT molecular complexity index is 568. The second kappa shape index (κ2) is 3.98. The standard InChI is InChI=1S/C11H8ClNO3/c12-9-4-6(5-10(15)16)7-2-1-3-8(14)11(7)13-9/h1-4,14H,5H2,(H,15,16). The first-order valence-electron chi connectivity index (χ1n) is 4.57. The average molecular weight is 238 g/mol. The highest BCUT2D eigenvalue weighted by molar-refractivity contribution is 6.30. The number of carboxylic acids is 1. The molecule has 1 heterocycles. The summed E-state index contributed by atoms with van der Waals surface area (Å²) in [5.41, 5.74) is 0.865. The molecule has 2 rings (SSSR count). The number of fused-ring (bicyclic) bond motifs is 1. The van der Waals surface area contributed by atoms with Gasteiger partial charge in [-0.15, -0.1) is 0 Å². The van der Waals surface area contributed by atoms with E-state index in [4.69, 9.17) is 16.7 Å². The summed E-state index contributed by atoms with van der Waals surface area (Å²) in [6.07, 6.45) is -0.151. The fraction of sp³-hybridized carbons (Fsp3) is 0.0909. The van der Waals surface area contributed by atoms with E-state index in [1.165, 1.54) is 12.1 Å². The number of rotatable bonds is 2. The average Bonchev–Trinajstić information content (AvgIpc) is 2.18. The van der Waals surface area contributed by atoms with E-state index < -0.39 is 5.97 Å². The van der Waals surface area contributed by atoms with Gasteiger partial charge in [-0.3, -0.25) is 4.79 Å². The molecule has 0 atom stereocenters. The fourth-order valence-corrected chi connectivity index (χ4v) is 1.79. The first-order chi connectivity index (χ1) is 7.58. The third kappa shape index (κ3) is 1.92. The lowest BCUT2D eigenvalue weighted by molar-refractivity contribution is -0.136. The Hall–Kier alpha value is -1.81. The van der Waals surface area contributed by atoms with Crippen LogP contribution in [-0.2, 0) is 11.2 Å². The van der Waals surface area contributed by atoms with Crippen molar-refractivity contribution in [1.29, 1.82) is 0 Å². The zero-order valence-electron chi connectivity index (χ0n) is 8.14. The van der Waals surface area contributed by atoms with Crippen LogP contribution in [0.5, 0.6) is 5.75 Å². The minimum absolute atomic E-state index is 0.00774.